The van der Waals surface area contributed by atoms with Crippen molar-refractivity contribution in [1.29, 1.82) is 0 Å². The van der Waals surface area contributed by atoms with Crippen LogP contribution in [0.25, 0.3) is 20.7 Å². The molecule has 32 heavy (non-hydrogen) atoms. The first-order chi connectivity index (χ1) is 15.6. The predicted octanol–water partition coefficient (Wildman–Crippen LogP) is 4.94. The second kappa shape index (κ2) is 9.78. The van der Waals surface area contributed by atoms with Gasteiger partial charge in [0.25, 0.3) is 5.56 Å². The van der Waals surface area contributed by atoms with Crippen LogP contribution < -0.4 is 10.3 Å². The van der Waals surface area contributed by atoms with Crippen molar-refractivity contribution in [3.63, 3.8) is 0 Å². The number of carbonyl (C=O) groups excluding carboxylic acids is 1. The molecule has 0 spiro atoms. The molecule has 0 saturated carbocycles. The van der Waals surface area contributed by atoms with Crippen LogP contribution in [0, 0.1) is 0 Å². The maximum absolute atomic E-state index is 13.2. The monoisotopic (exact) mass is 448 g/mol. The Labute approximate surface area is 190 Å². The summed E-state index contributed by atoms with van der Waals surface area (Å²) in [6, 6.07) is 18.8. The van der Waals surface area contributed by atoms with Gasteiger partial charge in [-0.25, -0.2) is 9.78 Å². The van der Waals surface area contributed by atoms with E-state index in [1.807, 2.05) is 43.3 Å². The van der Waals surface area contributed by atoms with Crippen LogP contribution in [-0.4, -0.2) is 29.2 Å². The Balaban J connectivity index is 1.47. The third-order valence-corrected chi connectivity index (χ3v) is 6.25. The summed E-state index contributed by atoms with van der Waals surface area (Å²) in [6.07, 6.45) is 1.34. The van der Waals surface area contributed by atoms with Crippen LogP contribution in [0.1, 0.15) is 29.5 Å². The number of benzene rings is 2. The van der Waals surface area contributed by atoms with Crippen molar-refractivity contribution in [2.75, 3.05) is 13.7 Å². The molecule has 2 heterocycles. The van der Waals surface area contributed by atoms with E-state index in [1.165, 1.54) is 7.11 Å². The smallest absolute Gasteiger partial charge is 0.337 e. The van der Waals surface area contributed by atoms with Crippen LogP contribution in [0.2, 0.25) is 0 Å². The highest BCUT2D eigenvalue weighted by molar-refractivity contribution is 7.21. The Kier molecular flexibility index (Phi) is 6.66. The fourth-order valence-electron chi connectivity index (χ4n) is 3.52. The molecule has 4 rings (SSSR count). The lowest BCUT2D eigenvalue weighted by Crippen LogP contribution is -2.25. The summed E-state index contributed by atoms with van der Waals surface area (Å²) in [6.45, 7) is 2.99. The zero-order valence-corrected chi connectivity index (χ0v) is 18.9. The van der Waals surface area contributed by atoms with Crippen molar-refractivity contribution >= 4 is 27.5 Å². The minimum atomic E-state index is -0.380. The number of hydrogen-bond acceptors (Lipinski definition) is 6. The summed E-state index contributed by atoms with van der Waals surface area (Å²) in [5.41, 5.74) is 1.56. The predicted molar refractivity (Wildman–Crippen MR) is 127 cm³/mol. The van der Waals surface area contributed by atoms with Crippen molar-refractivity contribution in [3.8, 4) is 16.2 Å². The zero-order valence-electron chi connectivity index (χ0n) is 18.0. The van der Waals surface area contributed by atoms with Crippen LogP contribution in [0.5, 0.6) is 5.75 Å². The van der Waals surface area contributed by atoms with Gasteiger partial charge in [0.1, 0.15) is 16.4 Å². The lowest BCUT2D eigenvalue weighted by Gasteiger charge is -2.12. The van der Waals surface area contributed by atoms with E-state index in [2.05, 4.69) is 0 Å². The molecular weight excluding hydrogens is 424 g/mol. The molecule has 0 unspecified atom stereocenters. The van der Waals surface area contributed by atoms with E-state index in [0.717, 1.165) is 21.1 Å². The molecule has 6 nitrogen and oxygen atoms in total. The highest BCUT2D eigenvalue weighted by atomic mass is 32.1. The van der Waals surface area contributed by atoms with Gasteiger partial charge in [0.2, 0.25) is 0 Å². The Morgan fingerprint density at radius 1 is 1.09 bits per heavy atom. The molecule has 0 aliphatic carbocycles. The number of thiophene rings is 1. The van der Waals surface area contributed by atoms with Gasteiger partial charge in [-0.2, -0.15) is 0 Å². The summed E-state index contributed by atoms with van der Waals surface area (Å²) in [5, 5.41) is 0.658. The third-order valence-electron chi connectivity index (χ3n) is 5.17. The first-order valence-corrected chi connectivity index (χ1v) is 11.3. The highest BCUT2D eigenvalue weighted by Gasteiger charge is 2.14. The van der Waals surface area contributed by atoms with E-state index in [0.29, 0.717) is 42.7 Å². The Morgan fingerprint density at radius 3 is 2.53 bits per heavy atom. The number of esters is 1. The Morgan fingerprint density at radius 2 is 1.84 bits per heavy atom. The van der Waals surface area contributed by atoms with Gasteiger partial charge in [-0.15, -0.1) is 11.3 Å². The number of aromatic nitrogens is 2. The SMILES string of the molecule is CCc1nc2sc(-c3ccccc3)cc2c(=O)n1CCCOc1ccc(C(=O)OC)cc1. The van der Waals surface area contributed by atoms with E-state index in [-0.39, 0.29) is 11.5 Å². The number of methoxy groups -OCH3 is 1. The number of nitrogens with zero attached hydrogens (tertiary/aromatic N) is 2. The average Bonchev–Trinajstić information content (AvgIpc) is 3.28. The molecule has 0 aliphatic rings. The van der Waals surface area contributed by atoms with Gasteiger partial charge < -0.3 is 9.47 Å². The number of rotatable bonds is 8. The average molecular weight is 449 g/mol. The van der Waals surface area contributed by atoms with Crippen molar-refractivity contribution in [1.82, 2.24) is 9.55 Å². The third kappa shape index (κ3) is 4.57. The van der Waals surface area contributed by atoms with E-state index < -0.39 is 0 Å². The largest absolute Gasteiger partial charge is 0.494 e. The standard InChI is InChI=1S/C25H24N2O4S/c1-3-22-26-23-20(16-21(32-23)17-8-5-4-6-9-17)24(28)27(22)14-7-15-31-19-12-10-18(11-13-19)25(29)30-2/h4-6,8-13,16H,3,7,14-15H2,1-2H3. The minimum Gasteiger partial charge on any atom is -0.494 e. The lowest BCUT2D eigenvalue weighted by atomic mass is 10.2. The van der Waals surface area contributed by atoms with Crippen LogP contribution in [0.3, 0.4) is 0 Å². The lowest BCUT2D eigenvalue weighted by molar-refractivity contribution is 0.0600. The molecule has 0 bridgehead atoms. The van der Waals surface area contributed by atoms with Gasteiger partial charge in [0.15, 0.2) is 0 Å². The number of hydrogen-bond donors (Lipinski definition) is 0. The second-order valence-corrected chi connectivity index (χ2v) is 8.28. The molecule has 0 fully saturated rings. The minimum absolute atomic E-state index is 0.00675. The molecular formula is C25H24N2O4S. The van der Waals surface area contributed by atoms with E-state index >= 15 is 0 Å². The molecule has 0 N–H and O–H groups in total. The summed E-state index contributed by atoms with van der Waals surface area (Å²) >= 11 is 1.55. The highest BCUT2D eigenvalue weighted by Crippen LogP contribution is 2.31. The van der Waals surface area contributed by atoms with Crippen molar-refractivity contribution in [2.24, 2.45) is 0 Å². The number of aryl methyl sites for hydroxylation is 1. The summed E-state index contributed by atoms with van der Waals surface area (Å²) < 4.78 is 12.2. The zero-order chi connectivity index (χ0) is 22.5. The Hall–Kier alpha value is -3.45. The Bertz CT molecular complexity index is 1280. The van der Waals surface area contributed by atoms with Crippen LogP contribution >= 0.6 is 11.3 Å². The summed E-state index contributed by atoms with van der Waals surface area (Å²) in [7, 11) is 1.35. The van der Waals surface area contributed by atoms with Crippen LogP contribution in [0.4, 0.5) is 0 Å². The van der Waals surface area contributed by atoms with Gasteiger partial charge in [0.05, 0.1) is 24.7 Å². The molecule has 4 aromatic rings. The molecule has 0 saturated heterocycles. The number of fused-ring (bicyclic) bond motifs is 1. The normalized spacial score (nSPS) is 10.9. The summed E-state index contributed by atoms with van der Waals surface area (Å²) in [5.74, 6) is 1.07. The molecule has 164 valence electrons. The quantitative estimate of drug-likeness (QED) is 0.282. The molecule has 2 aromatic heterocycles. The van der Waals surface area contributed by atoms with E-state index in [4.69, 9.17) is 14.5 Å². The van der Waals surface area contributed by atoms with Gasteiger partial charge in [-0.3, -0.25) is 9.36 Å². The van der Waals surface area contributed by atoms with Gasteiger partial charge in [0, 0.05) is 17.8 Å². The van der Waals surface area contributed by atoms with E-state index in [1.54, 1.807) is 40.2 Å². The summed E-state index contributed by atoms with van der Waals surface area (Å²) in [4.78, 5) is 31.3. The fourth-order valence-corrected chi connectivity index (χ4v) is 4.57. The topological polar surface area (TPSA) is 70.4 Å². The maximum atomic E-state index is 13.2. The molecule has 0 amide bonds. The molecule has 7 heteroatoms. The van der Waals surface area contributed by atoms with Crippen molar-refractivity contribution in [3.05, 3.63) is 82.4 Å². The number of ether oxygens (including phenoxy) is 2. The maximum Gasteiger partial charge on any atom is 0.337 e. The van der Waals surface area contributed by atoms with Gasteiger partial charge in [-0.1, -0.05) is 37.3 Å². The molecule has 0 radical (unpaired) electrons. The van der Waals surface area contributed by atoms with E-state index in [9.17, 15) is 9.59 Å². The number of carbonyl (C=O) groups is 1. The first-order valence-electron chi connectivity index (χ1n) is 10.5. The van der Waals surface area contributed by atoms with Gasteiger partial charge >= 0.3 is 5.97 Å². The van der Waals surface area contributed by atoms with Crippen LogP contribution in [-0.2, 0) is 17.7 Å². The van der Waals surface area contributed by atoms with Crippen molar-refractivity contribution < 1.29 is 14.3 Å². The molecule has 2 aromatic carbocycles. The molecule has 0 aliphatic heterocycles. The van der Waals surface area contributed by atoms with Crippen LogP contribution in [0.15, 0.2) is 65.5 Å². The first kappa shape index (κ1) is 21.8. The molecule has 0 atom stereocenters. The second-order valence-electron chi connectivity index (χ2n) is 7.25. The van der Waals surface area contributed by atoms with Crippen molar-refractivity contribution in [2.45, 2.75) is 26.3 Å². The fraction of sp³-hybridized carbons (Fsp3) is 0.240. The van der Waals surface area contributed by atoms with Gasteiger partial charge in [-0.05, 0) is 42.3 Å².